The number of thioether (sulfide) groups is 2. The molecule has 0 radical (unpaired) electrons. The van der Waals surface area contributed by atoms with Crippen LogP contribution in [0.15, 0.2) is 58.2 Å². The van der Waals surface area contributed by atoms with Crippen LogP contribution in [0.4, 0.5) is 0 Å². The molecule has 8 heteroatoms. The first-order chi connectivity index (χ1) is 13.7. The molecule has 1 amide bonds. The summed E-state index contributed by atoms with van der Waals surface area (Å²) in [5.41, 5.74) is 5.70. The second-order valence-electron chi connectivity index (χ2n) is 6.16. The standard InChI is InChI=1S/C20H18BrN3O2S2/c21-15-3-6-18-17(9-15)14(10-22-18)11-23-24-19(25)12-26-16-4-1-13(2-5-16)20-27-7-8-28-20/h1-6,9-11,20,22H,7-8,12H2,(H,24,25)/b23-11-. The number of hydrogen-bond acceptors (Lipinski definition) is 5. The third kappa shape index (κ3) is 4.74. The van der Waals surface area contributed by atoms with Gasteiger partial charge in [0.2, 0.25) is 0 Å². The zero-order valence-corrected chi connectivity index (χ0v) is 18.1. The maximum absolute atomic E-state index is 12.0. The lowest BCUT2D eigenvalue weighted by atomic mass is 10.2. The summed E-state index contributed by atoms with van der Waals surface area (Å²) in [4.78, 5) is 15.1. The van der Waals surface area contributed by atoms with Crippen LogP contribution in [0.25, 0.3) is 10.9 Å². The molecule has 2 aromatic carbocycles. The number of H-pyrrole nitrogens is 1. The van der Waals surface area contributed by atoms with Gasteiger partial charge in [-0.3, -0.25) is 4.79 Å². The van der Waals surface area contributed by atoms with Gasteiger partial charge in [0, 0.05) is 38.6 Å². The highest BCUT2D eigenvalue weighted by Gasteiger charge is 2.17. The fourth-order valence-corrected chi connectivity index (χ4v) is 6.07. The average Bonchev–Trinajstić information content (AvgIpc) is 3.37. The van der Waals surface area contributed by atoms with Gasteiger partial charge in [-0.1, -0.05) is 28.1 Å². The number of rotatable bonds is 6. The number of amides is 1. The van der Waals surface area contributed by atoms with Crippen molar-refractivity contribution in [3.05, 3.63) is 64.3 Å². The minimum atomic E-state index is -0.303. The van der Waals surface area contributed by atoms with E-state index >= 15 is 0 Å². The van der Waals surface area contributed by atoms with Gasteiger partial charge in [0.05, 0.1) is 10.8 Å². The van der Waals surface area contributed by atoms with E-state index in [1.807, 2.05) is 60.1 Å². The molecule has 2 N–H and O–H groups in total. The molecule has 4 rings (SSSR count). The smallest absolute Gasteiger partial charge is 0.277 e. The van der Waals surface area contributed by atoms with Crippen molar-refractivity contribution < 1.29 is 9.53 Å². The van der Waals surface area contributed by atoms with Gasteiger partial charge in [-0.2, -0.15) is 5.10 Å². The quantitative estimate of drug-likeness (QED) is 0.391. The zero-order valence-electron chi connectivity index (χ0n) is 14.9. The molecule has 28 heavy (non-hydrogen) atoms. The topological polar surface area (TPSA) is 66.5 Å². The van der Waals surface area contributed by atoms with E-state index in [0.29, 0.717) is 10.3 Å². The number of benzene rings is 2. The number of ether oxygens (including phenoxy) is 1. The van der Waals surface area contributed by atoms with E-state index in [-0.39, 0.29) is 12.5 Å². The van der Waals surface area contributed by atoms with Crippen LogP contribution in [-0.4, -0.2) is 35.2 Å². The molecule has 1 aromatic heterocycles. The lowest BCUT2D eigenvalue weighted by Crippen LogP contribution is -2.24. The maximum atomic E-state index is 12.0. The van der Waals surface area contributed by atoms with Gasteiger partial charge < -0.3 is 9.72 Å². The van der Waals surface area contributed by atoms with Gasteiger partial charge in [0.25, 0.3) is 5.91 Å². The second-order valence-corrected chi connectivity index (χ2v) is 9.80. The number of fused-ring (bicyclic) bond motifs is 1. The third-order valence-electron chi connectivity index (χ3n) is 4.21. The Morgan fingerprint density at radius 1 is 1.25 bits per heavy atom. The molecular formula is C20H18BrN3O2S2. The highest BCUT2D eigenvalue weighted by molar-refractivity contribution is 9.10. The summed E-state index contributed by atoms with van der Waals surface area (Å²) in [6.45, 7) is -0.0803. The molecule has 0 bridgehead atoms. The van der Waals surface area contributed by atoms with Gasteiger partial charge in [0.1, 0.15) is 5.75 Å². The molecule has 1 fully saturated rings. The highest BCUT2D eigenvalue weighted by Crippen LogP contribution is 2.45. The van der Waals surface area contributed by atoms with Crippen LogP contribution in [-0.2, 0) is 4.79 Å². The number of nitrogens with zero attached hydrogens (tertiary/aromatic N) is 1. The van der Waals surface area contributed by atoms with E-state index in [1.165, 1.54) is 17.1 Å². The first-order valence-electron chi connectivity index (χ1n) is 8.73. The summed E-state index contributed by atoms with van der Waals surface area (Å²) >= 11 is 7.39. The van der Waals surface area contributed by atoms with E-state index in [0.717, 1.165) is 20.9 Å². The number of nitrogens with one attached hydrogen (secondary N) is 2. The molecular weight excluding hydrogens is 458 g/mol. The fraction of sp³-hybridized carbons (Fsp3) is 0.200. The molecule has 0 saturated carbocycles. The molecule has 0 aliphatic carbocycles. The van der Waals surface area contributed by atoms with Crippen molar-refractivity contribution in [3.63, 3.8) is 0 Å². The number of carbonyl (C=O) groups is 1. The molecule has 1 aliphatic heterocycles. The first-order valence-corrected chi connectivity index (χ1v) is 11.6. The number of aromatic amines is 1. The summed E-state index contributed by atoms with van der Waals surface area (Å²) in [5, 5.41) is 5.06. The van der Waals surface area contributed by atoms with Gasteiger partial charge in [-0.05, 0) is 35.9 Å². The Morgan fingerprint density at radius 2 is 2.04 bits per heavy atom. The van der Waals surface area contributed by atoms with E-state index < -0.39 is 0 Å². The van der Waals surface area contributed by atoms with E-state index in [9.17, 15) is 4.79 Å². The maximum Gasteiger partial charge on any atom is 0.277 e. The summed E-state index contributed by atoms with van der Waals surface area (Å²) in [6, 6.07) is 13.9. The molecule has 0 spiro atoms. The molecule has 0 unspecified atom stereocenters. The Labute approximate surface area is 179 Å². The van der Waals surface area contributed by atoms with E-state index in [2.05, 4.69) is 43.6 Å². The summed E-state index contributed by atoms with van der Waals surface area (Å²) < 4.78 is 7.05. The highest BCUT2D eigenvalue weighted by atomic mass is 79.9. The minimum Gasteiger partial charge on any atom is -0.484 e. The van der Waals surface area contributed by atoms with Crippen molar-refractivity contribution in [1.82, 2.24) is 10.4 Å². The van der Waals surface area contributed by atoms with Crippen LogP contribution in [0.5, 0.6) is 5.75 Å². The first kappa shape index (κ1) is 19.4. The Hall–Kier alpha value is -1.90. The van der Waals surface area contributed by atoms with Crippen LogP contribution in [0, 0.1) is 0 Å². The predicted molar refractivity (Wildman–Crippen MR) is 121 cm³/mol. The SMILES string of the molecule is O=C(COc1ccc(C2SCCS2)cc1)N/N=C\c1c[nH]c2ccc(Br)cc12. The van der Waals surface area contributed by atoms with Crippen molar-refractivity contribution in [2.45, 2.75) is 4.58 Å². The van der Waals surface area contributed by atoms with Crippen LogP contribution >= 0.6 is 39.5 Å². The minimum absolute atomic E-state index is 0.0803. The van der Waals surface area contributed by atoms with Crippen LogP contribution in [0.3, 0.4) is 0 Å². The Morgan fingerprint density at radius 3 is 2.82 bits per heavy atom. The number of carbonyl (C=O) groups excluding carboxylic acids is 1. The monoisotopic (exact) mass is 475 g/mol. The Bertz CT molecular complexity index is 998. The largest absolute Gasteiger partial charge is 0.484 e. The molecule has 0 atom stereocenters. The zero-order chi connectivity index (χ0) is 19.3. The predicted octanol–water partition coefficient (Wildman–Crippen LogP) is 4.94. The average molecular weight is 476 g/mol. The van der Waals surface area contributed by atoms with Crippen molar-refractivity contribution in [1.29, 1.82) is 0 Å². The van der Waals surface area contributed by atoms with E-state index in [4.69, 9.17) is 4.74 Å². The summed E-state index contributed by atoms with van der Waals surface area (Å²) in [7, 11) is 0. The van der Waals surface area contributed by atoms with Gasteiger partial charge >= 0.3 is 0 Å². The van der Waals surface area contributed by atoms with Crippen molar-refractivity contribution in [3.8, 4) is 5.75 Å². The summed E-state index contributed by atoms with van der Waals surface area (Å²) in [6.07, 6.45) is 3.47. The summed E-state index contributed by atoms with van der Waals surface area (Å²) in [5.74, 6) is 2.77. The number of hydrogen-bond donors (Lipinski definition) is 2. The normalized spacial score (nSPS) is 14.8. The molecule has 2 heterocycles. The van der Waals surface area contributed by atoms with Crippen molar-refractivity contribution >= 4 is 62.5 Å². The van der Waals surface area contributed by atoms with Crippen LogP contribution in [0.2, 0.25) is 0 Å². The number of halogens is 1. The van der Waals surface area contributed by atoms with Crippen molar-refractivity contribution in [2.75, 3.05) is 18.1 Å². The second kappa shape index (κ2) is 9.07. The lowest BCUT2D eigenvalue weighted by molar-refractivity contribution is -0.123. The molecule has 3 aromatic rings. The van der Waals surface area contributed by atoms with Crippen LogP contribution < -0.4 is 10.2 Å². The number of aromatic nitrogens is 1. The Kier molecular flexibility index (Phi) is 6.29. The third-order valence-corrected chi connectivity index (χ3v) is 7.81. The van der Waals surface area contributed by atoms with Gasteiger partial charge in [-0.25, -0.2) is 5.43 Å². The number of hydrazone groups is 1. The molecule has 144 valence electrons. The van der Waals surface area contributed by atoms with Crippen molar-refractivity contribution in [2.24, 2.45) is 5.10 Å². The van der Waals surface area contributed by atoms with Crippen LogP contribution in [0.1, 0.15) is 15.7 Å². The van der Waals surface area contributed by atoms with Gasteiger partial charge in [-0.15, -0.1) is 23.5 Å². The fourth-order valence-electron chi connectivity index (χ4n) is 2.85. The molecule has 1 aliphatic rings. The van der Waals surface area contributed by atoms with E-state index in [1.54, 1.807) is 6.21 Å². The Balaban J connectivity index is 1.28. The molecule has 5 nitrogen and oxygen atoms in total. The lowest BCUT2D eigenvalue weighted by Gasteiger charge is -2.10. The van der Waals surface area contributed by atoms with Gasteiger partial charge in [0.15, 0.2) is 6.61 Å². The molecule has 1 saturated heterocycles.